The van der Waals surface area contributed by atoms with Gasteiger partial charge in [0, 0.05) is 41.3 Å². The maximum atomic E-state index is 6.35. The number of aryl methyl sites for hydroxylation is 1. The molecule has 1 aromatic heterocycles. The molecule has 1 aromatic carbocycles. The molecule has 0 atom stereocenters. The van der Waals surface area contributed by atoms with Crippen LogP contribution in [0.4, 0.5) is 0 Å². The van der Waals surface area contributed by atoms with Gasteiger partial charge in [0.1, 0.15) is 0 Å². The van der Waals surface area contributed by atoms with Crippen LogP contribution >= 0.6 is 11.6 Å². The summed E-state index contributed by atoms with van der Waals surface area (Å²) in [5.74, 6) is 0. The summed E-state index contributed by atoms with van der Waals surface area (Å²) in [6.07, 6.45) is 5.85. The lowest BCUT2D eigenvalue weighted by atomic mass is 10.0. The monoisotopic (exact) mass is 286 g/mol. The van der Waals surface area contributed by atoms with Gasteiger partial charge in [0.25, 0.3) is 0 Å². The van der Waals surface area contributed by atoms with Crippen molar-refractivity contribution >= 4 is 28.1 Å². The minimum absolute atomic E-state index is 0.417. The van der Waals surface area contributed by atoms with Gasteiger partial charge in [-0.1, -0.05) is 42.0 Å². The number of fused-ring (bicyclic) bond motifs is 1. The third kappa shape index (κ3) is 3.03. The number of nitrogens with zero attached hydrogens (tertiary/aromatic N) is 1. The Bertz CT molecular complexity index is 705. The summed E-state index contributed by atoms with van der Waals surface area (Å²) in [6.45, 7) is 6.30. The molecule has 2 nitrogen and oxygen atoms in total. The molecule has 2 N–H and O–H groups in total. The van der Waals surface area contributed by atoms with Gasteiger partial charge in [-0.05, 0) is 30.7 Å². The molecule has 0 bridgehead atoms. The van der Waals surface area contributed by atoms with Gasteiger partial charge in [-0.25, -0.2) is 0 Å². The van der Waals surface area contributed by atoms with Gasteiger partial charge in [0.2, 0.25) is 0 Å². The second kappa shape index (κ2) is 6.12. The number of allylic oxidation sites excluding steroid dienone is 4. The predicted octanol–water partition coefficient (Wildman–Crippen LogP) is 4.22. The standard InChI is InChI=1S/C17H19ClN2/c1-12(2)10-15(16(18)6-8-19)13-4-5-17-14(11-13)7-9-20(17)3/h4-7,9-11H,1,8,19H2,2-3H3/b15-10-,16-6+. The van der Waals surface area contributed by atoms with Gasteiger partial charge >= 0.3 is 0 Å². The Morgan fingerprint density at radius 3 is 2.80 bits per heavy atom. The molecule has 0 saturated heterocycles. The number of nitrogens with two attached hydrogens (primary N) is 1. The minimum Gasteiger partial charge on any atom is -0.351 e. The van der Waals surface area contributed by atoms with Crippen molar-refractivity contribution in [2.45, 2.75) is 6.92 Å². The maximum Gasteiger partial charge on any atom is 0.0478 e. The van der Waals surface area contributed by atoms with Crippen LogP contribution in [0.5, 0.6) is 0 Å². The van der Waals surface area contributed by atoms with E-state index in [9.17, 15) is 0 Å². The zero-order valence-corrected chi connectivity index (χ0v) is 12.6. The first-order valence-electron chi connectivity index (χ1n) is 6.51. The van der Waals surface area contributed by atoms with Crippen molar-refractivity contribution in [3.63, 3.8) is 0 Å². The molecule has 2 rings (SSSR count). The molecule has 0 aliphatic carbocycles. The van der Waals surface area contributed by atoms with E-state index in [1.165, 1.54) is 10.9 Å². The Morgan fingerprint density at radius 1 is 1.40 bits per heavy atom. The fourth-order valence-corrected chi connectivity index (χ4v) is 2.45. The molecule has 0 spiro atoms. The van der Waals surface area contributed by atoms with Gasteiger partial charge in [0.05, 0.1) is 0 Å². The molecule has 20 heavy (non-hydrogen) atoms. The summed E-state index contributed by atoms with van der Waals surface area (Å²) < 4.78 is 2.10. The Morgan fingerprint density at radius 2 is 2.15 bits per heavy atom. The highest BCUT2D eigenvalue weighted by molar-refractivity contribution is 6.37. The van der Waals surface area contributed by atoms with Crippen LogP contribution in [0.2, 0.25) is 0 Å². The second-order valence-electron chi connectivity index (χ2n) is 4.89. The van der Waals surface area contributed by atoms with Crippen molar-refractivity contribution < 1.29 is 0 Å². The highest BCUT2D eigenvalue weighted by Crippen LogP contribution is 2.29. The van der Waals surface area contributed by atoms with Gasteiger partial charge in [0.15, 0.2) is 0 Å². The molecule has 0 radical (unpaired) electrons. The van der Waals surface area contributed by atoms with Crippen LogP contribution in [-0.4, -0.2) is 11.1 Å². The SMILES string of the molecule is C=C(C)/C=C(\C(Cl)=C/CN)c1ccc2c(ccn2C)c1. The van der Waals surface area contributed by atoms with Crippen molar-refractivity contribution in [3.05, 3.63) is 65.4 Å². The Labute approximate surface area is 124 Å². The largest absolute Gasteiger partial charge is 0.351 e. The average molecular weight is 287 g/mol. The maximum absolute atomic E-state index is 6.35. The molecule has 2 aromatic rings. The van der Waals surface area contributed by atoms with Crippen LogP contribution in [-0.2, 0) is 7.05 Å². The fourth-order valence-electron chi connectivity index (χ4n) is 2.20. The van der Waals surface area contributed by atoms with E-state index in [2.05, 4.69) is 35.4 Å². The lowest BCUT2D eigenvalue weighted by molar-refractivity contribution is 0.969. The average Bonchev–Trinajstić information content (AvgIpc) is 2.77. The van der Waals surface area contributed by atoms with Crippen molar-refractivity contribution in [1.29, 1.82) is 0 Å². The zero-order valence-electron chi connectivity index (χ0n) is 11.9. The van der Waals surface area contributed by atoms with E-state index >= 15 is 0 Å². The number of hydrogen-bond acceptors (Lipinski definition) is 1. The van der Waals surface area contributed by atoms with E-state index in [0.717, 1.165) is 16.7 Å². The van der Waals surface area contributed by atoms with Gasteiger partial charge in [-0.3, -0.25) is 0 Å². The third-order valence-electron chi connectivity index (χ3n) is 3.14. The molecule has 1 heterocycles. The smallest absolute Gasteiger partial charge is 0.0478 e. The quantitative estimate of drug-likeness (QED) is 0.838. The lowest BCUT2D eigenvalue weighted by Crippen LogP contribution is -1.95. The van der Waals surface area contributed by atoms with E-state index in [4.69, 9.17) is 17.3 Å². The first kappa shape index (κ1) is 14.6. The fraction of sp³-hybridized carbons (Fsp3) is 0.176. The highest BCUT2D eigenvalue weighted by atomic mass is 35.5. The summed E-state index contributed by atoms with van der Waals surface area (Å²) in [4.78, 5) is 0. The Kier molecular flexibility index (Phi) is 4.48. The van der Waals surface area contributed by atoms with Crippen LogP contribution in [0.3, 0.4) is 0 Å². The Balaban J connectivity index is 2.56. The van der Waals surface area contributed by atoms with Crippen molar-refractivity contribution in [3.8, 4) is 0 Å². The third-order valence-corrected chi connectivity index (χ3v) is 3.50. The Hall–Kier alpha value is -1.77. The first-order valence-corrected chi connectivity index (χ1v) is 6.89. The molecule has 0 aliphatic heterocycles. The molecule has 0 aliphatic rings. The molecule has 0 amide bonds. The highest BCUT2D eigenvalue weighted by Gasteiger charge is 2.08. The normalized spacial score (nSPS) is 13.0. The van der Waals surface area contributed by atoms with Crippen LogP contribution < -0.4 is 5.73 Å². The van der Waals surface area contributed by atoms with Crippen molar-refractivity contribution in [2.75, 3.05) is 6.54 Å². The zero-order chi connectivity index (χ0) is 14.7. The molecule has 0 saturated carbocycles. The van der Waals surface area contributed by atoms with E-state index in [1.54, 1.807) is 0 Å². The number of benzene rings is 1. The van der Waals surface area contributed by atoms with E-state index in [0.29, 0.717) is 11.6 Å². The summed E-state index contributed by atoms with van der Waals surface area (Å²) in [7, 11) is 2.04. The number of halogens is 1. The molecule has 3 heteroatoms. The van der Waals surface area contributed by atoms with Crippen LogP contribution in [0.1, 0.15) is 12.5 Å². The van der Waals surface area contributed by atoms with Crippen LogP contribution in [0, 0.1) is 0 Å². The molecular formula is C17H19ClN2. The van der Waals surface area contributed by atoms with Crippen molar-refractivity contribution in [2.24, 2.45) is 12.8 Å². The second-order valence-corrected chi connectivity index (χ2v) is 5.30. The summed E-state index contributed by atoms with van der Waals surface area (Å²) >= 11 is 6.35. The lowest BCUT2D eigenvalue weighted by Gasteiger charge is -2.08. The van der Waals surface area contributed by atoms with E-state index < -0.39 is 0 Å². The van der Waals surface area contributed by atoms with Gasteiger partial charge in [-0.15, -0.1) is 0 Å². The van der Waals surface area contributed by atoms with Gasteiger partial charge in [-0.2, -0.15) is 0 Å². The predicted molar refractivity (Wildman–Crippen MR) is 88.7 cm³/mol. The molecular weight excluding hydrogens is 268 g/mol. The summed E-state index contributed by atoms with van der Waals surface area (Å²) in [5, 5.41) is 1.85. The van der Waals surface area contributed by atoms with E-state index in [-0.39, 0.29) is 0 Å². The molecule has 0 unspecified atom stereocenters. The molecule has 104 valence electrons. The number of aromatic nitrogens is 1. The van der Waals surface area contributed by atoms with Crippen LogP contribution in [0.15, 0.2) is 59.8 Å². The van der Waals surface area contributed by atoms with Gasteiger partial charge < -0.3 is 10.3 Å². The molecule has 0 fully saturated rings. The first-order chi connectivity index (χ1) is 9.52. The number of hydrogen-bond donors (Lipinski definition) is 1. The number of rotatable bonds is 4. The summed E-state index contributed by atoms with van der Waals surface area (Å²) in [6, 6.07) is 8.40. The summed E-state index contributed by atoms with van der Waals surface area (Å²) in [5.41, 5.74) is 9.73. The minimum atomic E-state index is 0.417. The topological polar surface area (TPSA) is 30.9 Å². The van der Waals surface area contributed by atoms with E-state index in [1.807, 2.05) is 32.3 Å². The van der Waals surface area contributed by atoms with Crippen molar-refractivity contribution in [1.82, 2.24) is 4.57 Å². The van der Waals surface area contributed by atoms with Crippen LogP contribution in [0.25, 0.3) is 16.5 Å².